The van der Waals surface area contributed by atoms with Gasteiger partial charge in [-0.05, 0) is 50.4 Å². The van der Waals surface area contributed by atoms with Gasteiger partial charge in [0.1, 0.15) is 17.9 Å². The molecule has 2 atom stereocenters. The number of pyridine rings is 1. The van der Waals surface area contributed by atoms with Gasteiger partial charge in [-0.25, -0.2) is 23.8 Å². The van der Waals surface area contributed by atoms with E-state index in [1.165, 1.54) is 30.2 Å². The molecule has 0 amide bonds. The van der Waals surface area contributed by atoms with E-state index in [-0.39, 0.29) is 17.5 Å². The maximum atomic E-state index is 15.4. The van der Waals surface area contributed by atoms with Crippen molar-refractivity contribution in [3.8, 4) is 17.2 Å². The number of hydrogen-bond acceptors (Lipinski definition) is 10. The van der Waals surface area contributed by atoms with E-state index in [1.54, 1.807) is 24.3 Å². The lowest BCUT2D eigenvalue weighted by molar-refractivity contribution is -0.396. The molecule has 0 spiro atoms. The molecule has 11 nitrogen and oxygen atoms in total. The Hall–Kier alpha value is -4.12. The summed E-state index contributed by atoms with van der Waals surface area (Å²) in [6, 6.07) is 7.67. The molecular weight excluding hydrogens is 517 g/mol. The van der Waals surface area contributed by atoms with Gasteiger partial charge < -0.3 is 21.1 Å². The molecule has 2 aliphatic carbocycles. The van der Waals surface area contributed by atoms with Crippen LogP contribution in [0.3, 0.4) is 0 Å². The van der Waals surface area contributed by atoms with Gasteiger partial charge in [-0.3, -0.25) is 4.79 Å². The van der Waals surface area contributed by atoms with Crippen molar-refractivity contribution in [2.75, 3.05) is 7.05 Å². The topological polar surface area (TPSA) is 174 Å². The van der Waals surface area contributed by atoms with E-state index in [0.717, 1.165) is 24.2 Å². The SMILES string of the molecule is CN(C1CC(c2c(C#N)cccc2C=O)c2c1nn1cc(F)c(-c3cnc(C4(N)CCC4)nc3)cc21)C(O)(O)O. The number of rotatable bonds is 6. The van der Waals surface area contributed by atoms with Crippen LogP contribution in [0.1, 0.15) is 76.2 Å². The van der Waals surface area contributed by atoms with Crippen LogP contribution in [0.4, 0.5) is 4.39 Å². The Morgan fingerprint density at radius 3 is 2.58 bits per heavy atom. The Kier molecular flexibility index (Phi) is 6.02. The van der Waals surface area contributed by atoms with Crippen molar-refractivity contribution < 1.29 is 24.5 Å². The molecule has 12 heteroatoms. The quantitative estimate of drug-likeness (QED) is 0.208. The zero-order valence-corrected chi connectivity index (χ0v) is 21.5. The van der Waals surface area contributed by atoms with Crippen molar-refractivity contribution in [2.24, 2.45) is 5.73 Å². The summed E-state index contributed by atoms with van der Waals surface area (Å²) in [5.41, 5.74) is 8.81. The van der Waals surface area contributed by atoms with Crippen LogP contribution >= 0.6 is 0 Å². The molecule has 1 saturated carbocycles. The van der Waals surface area contributed by atoms with E-state index in [1.807, 2.05) is 0 Å². The number of carbonyl (C=O) groups is 1. The second-order valence-corrected chi connectivity index (χ2v) is 10.5. The van der Waals surface area contributed by atoms with Gasteiger partial charge in [0.25, 0.3) is 0 Å². The fraction of sp³-hybridized carbons (Fsp3) is 0.321. The molecule has 1 aromatic carbocycles. The molecule has 0 saturated heterocycles. The smallest absolute Gasteiger partial charge is 0.330 e. The van der Waals surface area contributed by atoms with E-state index in [4.69, 9.17) is 5.73 Å². The molecule has 3 heterocycles. The first-order valence-electron chi connectivity index (χ1n) is 12.8. The first kappa shape index (κ1) is 26.1. The lowest BCUT2D eigenvalue weighted by Crippen LogP contribution is -2.47. The van der Waals surface area contributed by atoms with Crippen LogP contribution in [0.5, 0.6) is 0 Å². The first-order chi connectivity index (χ1) is 19.1. The number of carbonyl (C=O) groups excluding carboxylic acids is 1. The predicted molar refractivity (Wildman–Crippen MR) is 139 cm³/mol. The van der Waals surface area contributed by atoms with Crippen molar-refractivity contribution in [3.63, 3.8) is 0 Å². The second-order valence-electron chi connectivity index (χ2n) is 10.5. The summed E-state index contributed by atoms with van der Waals surface area (Å²) in [6.45, 7) is 0. The van der Waals surface area contributed by atoms with Crippen molar-refractivity contribution in [3.05, 3.63) is 82.4 Å². The van der Waals surface area contributed by atoms with Crippen LogP contribution in [-0.4, -0.2) is 59.2 Å². The first-order valence-corrected chi connectivity index (χ1v) is 12.8. The molecule has 0 aliphatic heterocycles. The maximum absolute atomic E-state index is 15.4. The molecule has 6 rings (SSSR count). The number of aromatic nitrogens is 4. The van der Waals surface area contributed by atoms with Crippen molar-refractivity contribution in [2.45, 2.75) is 49.3 Å². The largest absolute Gasteiger partial charge is 0.346 e. The van der Waals surface area contributed by atoms with E-state index >= 15 is 4.39 Å². The van der Waals surface area contributed by atoms with E-state index in [0.29, 0.717) is 45.6 Å². The predicted octanol–water partition coefficient (Wildman–Crippen LogP) is 2.05. The van der Waals surface area contributed by atoms with Gasteiger partial charge in [0.2, 0.25) is 0 Å². The summed E-state index contributed by atoms with van der Waals surface area (Å²) in [5.74, 6) is -0.689. The van der Waals surface area contributed by atoms with Gasteiger partial charge in [0.05, 0.1) is 40.6 Å². The van der Waals surface area contributed by atoms with Crippen LogP contribution in [0.15, 0.2) is 42.9 Å². The molecule has 1 fully saturated rings. The third kappa shape index (κ3) is 3.98. The Balaban J connectivity index is 1.54. The van der Waals surface area contributed by atoms with Gasteiger partial charge >= 0.3 is 6.10 Å². The lowest BCUT2D eigenvalue weighted by Gasteiger charge is -2.36. The Morgan fingerprint density at radius 2 is 1.98 bits per heavy atom. The molecule has 2 unspecified atom stereocenters. The highest BCUT2D eigenvalue weighted by atomic mass is 19.1. The molecule has 4 aromatic rings. The molecule has 204 valence electrons. The van der Waals surface area contributed by atoms with Crippen LogP contribution in [0.25, 0.3) is 16.6 Å². The van der Waals surface area contributed by atoms with Crippen LogP contribution in [-0.2, 0) is 5.54 Å². The number of aldehydes is 1. The number of nitriles is 1. The normalized spacial score (nSPS) is 19.9. The zero-order valence-electron chi connectivity index (χ0n) is 21.5. The number of halogens is 1. The van der Waals surface area contributed by atoms with E-state index in [9.17, 15) is 25.4 Å². The van der Waals surface area contributed by atoms with Gasteiger partial charge in [-0.2, -0.15) is 10.4 Å². The minimum atomic E-state index is -3.18. The van der Waals surface area contributed by atoms with Crippen LogP contribution in [0.2, 0.25) is 0 Å². The van der Waals surface area contributed by atoms with Crippen molar-refractivity contribution >= 4 is 11.8 Å². The second kappa shape index (κ2) is 9.22. The summed E-state index contributed by atoms with van der Waals surface area (Å²) >= 11 is 0. The van der Waals surface area contributed by atoms with Crippen LogP contribution < -0.4 is 5.73 Å². The number of fused-ring (bicyclic) bond motifs is 3. The summed E-state index contributed by atoms with van der Waals surface area (Å²) in [4.78, 5) is 21.8. The summed E-state index contributed by atoms with van der Waals surface area (Å²) in [6.07, 6.45) is 4.48. The number of aliphatic hydroxyl groups is 3. The number of hydrogen-bond donors (Lipinski definition) is 4. The molecule has 0 radical (unpaired) electrons. The van der Waals surface area contributed by atoms with Gasteiger partial charge in [0, 0.05) is 40.6 Å². The third-order valence-electron chi connectivity index (χ3n) is 8.24. The molecule has 0 bridgehead atoms. The van der Waals surface area contributed by atoms with Crippen molar-refractivity contribution in [1.29, 1.82) is 5.26 Å². The highest BCUT2D eigenvalue weighted by Crippen LogP contribution is 2.50. The Labute approximate surface area is 227 Å². The van der Waals surface area contributed by atoms with E-state index in [2.05, 4.69) is 21.1 Å². The highest BCUT2D eigenvalue weighted by Gasteiger charge is 2.45. The Morgan fingerprint density at radius 1 is 1.25 bits per heavy atom. The summed E-state index contributed by atoms with van der Waals surface area (Å²) in [5, 5.41) is 44.3. The summed E-state index contributed by atoms with van der Waals surface area (Å²) in [7, 11) is 1.30. The van der Waals surface area contributed by atoms with Gasteiger partial charge in [0.15, 0.2) is 0 Å². The van der Waals surface area contributed by atoms with Gasteiger partial charge in [-0.15, -0.1) is 0 Å². The van der Waals surface area contributed by atoms with E-state index < -0.39 is 29.4 Å². The zero-order chi connectivity index (χ0) is 28.4. The minimum Gasteiger partial charge on any atom is -0.330 e. The fourth-order valence-electron chi connectivity index (χ4n) is 5.87. The molecule has 3 aromatic heterocycles. The molecular formula is C28H26FN7O4. The van der Waals surface area contributed by atoms with Crippen molar-refractivity contribution in [1.82, 2.24) is 24.5 Å². The number of nitrogens with two attached hydrogens (primary N) is 1. The minimum absolute atomic E-state index is 0.163. The maximum Gasteiger partial charge on any atom is 0.346 e. The standard InChI is InChI=1S/C28H26FN7O4/c1-35(28(38,39)40)22-9-19(23-15(10-30)4-2-5-16(23)14-37)24-21-8-18(20(29)13-36(21)34-25(22)24)17-11-32-26(33-12-17)27(31)6-3-7-27/h2,4-5,8,11-14,19,22,38-40H,3,6-7,9,31H2,1H3. The average Bonchev–Trinajstić information content (AvgIpc) is 3.46. The average molecular weight is 544 g/mol. The summed E-state index contributed by atoms with van der Waals surface area (Å²) < 4.78 is 16.8. The molecule has 40 heavy (non-hydrogen) atoms. The fourth-order valence-corrected chi connectivity index (χ4v) is 5.87. The lowest BCUT2D eigenvalue weighted by atomic mass is 9.77. The monoisotopic (exact) mass is 543 g/mol. The molecule has 2 aliphatic rings. The number of benzene rings is 1. The third-order valence-corrected chi connectivity index (χ3v) is 8.24. The number of nitrogens with zero attached hydrogens (tertiary/aromatic N) is 6. The molecule has 5 N–H and O–H groups in total. The Bertz CT molecular complexity index is 1690. The van der Waals surface area contributed by atoms with Gasteiger partial charge in [-0.1, -0.05) is 12.1 Å². The van der Waals surface area contributed by atoms with Crippen LogP contribution in [0, 0.1) is 17.1 Å². The highest BCUT2D eigenvalue weighted by molar-refractivity contribution is 5.81.